The fourth-order valence-corrected chi connectivity index (χ4v) is 1.59. The zero-order valence-corrected chi connectivity index (χ0v) is 9.04. The number of halogens is 1. The van der Waals surface area contributed by atoms with Crippen LogP contribution in [0.2, 0.25) is 0 Å². The summed E-state index contributed by atoms with van der Waals surface area (Å²) in [5.74, 6) is 0. The highest BCUT2D eigenvalue weighted by molar-refractivity contribution is 14.1. The molecular weight excluding hydrogens is 257 g/mol. The van der Waals surface area contributed by atoms with Crippen LogP contribution in [0, 0.1) is 0 Å². The van der Waals surface area contributed by atoms with Crippen LogP contribution in [0.3, 0.4) is 0 Å². The van der Waals surface area contributed by atoms with Crippen LogP contribution >= 0.6 is 22.9 Å². The molecule has 1 atom stereocenters. The highest BCUT2D eigenvalue weighted by Crippen LogP contribution is 2.22. The fourth-order valence-electron chi connectivity index (χ4n) is 1.000. The molecule has 0 aliphatic carbocycles. The molecule has 1 saturated heterocycles. The summed E-state index contributed by atoms with van der Waals surface area (Å²) in [6.07, 6.45) is -0.339. The summed E-state index contributed by atoms with van der Waals surface area (Å²) < 4.78 is 7.40. The van der Waals surface area contributed by atoms with Gasteiger partial charge in [-0.3, -0.25) is 0 Å². The molecule has 0 spiro atoms. The van der Waals surface area contributed by atoms with Crippen molar-refractivity contribution in [2.75, 3.05) is 19.8 Å². The molecule has 0 aromatic carbocycles. The molecule has 3 nitrogen and oxygen atoms in total. The number of β-amino-alcohol motifs (C(OH)–C–C–N with tert-alkyl or cyclic N) is 1. The Bertz CT molecular complexity index is 140. The van der Waals surface area contributed by atoms with Gasteiger partial charge < -0.3 is 9.84 Å². The second-order valence-electron chi connectivity index (χ2n) is 3.53. The first-order chi connectivity index (χ1) is 5.02. The van der Waals surface area contributed by atoms with Crippen LogP contribution in [0.4, 0.5) is 0 Å². The average molecular weight is 271 g/mol. The van der Waals surface area contributed by atoms with Crippen molar-refractivity contribution >= 4 is 22.9 Å². The normalized spacial score (nSPS) is 33.3. The molecule has 4 heteroatoms. The van der Waals surface area contributed by atoms with Crippen LogP contribution < -0.4 is 0 Å². The third kappa shape index (κ3) is 2.54. The van der Waals surface area contributed by atoms with Crippen molar-refractivity contribution in [1.29, 1.82) is 0 Å². The van der Waals surface area contributed by atoms with Gasteiger partial charge in [-0.2, -0.15) is 0 Å². The van der Waals surface area contributed by atoms with Crippen LogP contribution in [-0.2, 0) is 4.74 Å². The second-order valence-corrected chi connectivity index (χ2v) is 4.69. The highest BCUT2D eigenvalue weighted by Gasteiger charge is 2.30. The largest absolute Gasteiger partial charge is 0.389 e. The minimum absolute atomic E-state index is 0.0397. The van der Waals surface area contributed by atoms with Gasteiger partial charge in [-0.25, -0.2) is 3.11 Å². The Morgan fingerprint density at radius 2 is 2.27 bits per heavy atom. The van der Waals surface area contributed by atoms with Crippen molar-refractivity contribution in [3.63, 3.8) is 0 Å². The number of aliphatic hydroxyl groups excluding tert-OH is 1. The van der Waals surface area contributed by atoms with E-state index in [0.717, 1.165) is 0 Å². The Balaban J connectivity index is 2.58. The molecule has 0 aromatic heterocycles. The summed E-state index contributed by atoms with van der Waals surface area (Å²) >= 11 is 2.23. The number of rotatable bonds is 0. The summed E-state index contributed by atoms with van der Waals surface area (Å²) in [6, 6.07) is 0. The van der Waals surface area contributed by atoms with Crippen LogP contribution in [0.15, 0.2) is 0 Å². The summed E-state index contributed by atoms with van der Waals surface area (Å²) in [5, 5.41) is 9.32. The number of nitrogens with zero attached hydrogens (tertiary/aromatic N) is 1. The lowest BCUT2D eigenvalue weighted by Gasteiger charge is -2.30. The Morgan fingerprint density at radius 3 is 2.91 bits per heavy atom. The number of hydrogen-bond acceptors (Lipinski definition) is 3. The van der Waals surface area contributed by atoms with E-state index in [2.05, 4.69) is 39.8 Å². The van der Waals surface area contributed by atoms with E-state index in [4.69, 9.17) is 4.74 Å². The molecule has 1 unspecified atom stereocenters. The molecule has 0 aromatic rings. The molecule has 0 bridgehead atoms. The van der Waals surface area contributed by atoms with E-state index in [-0.39, 0.29) is 11.6 Å². The third-order valence-corrected chi connectivity index (χ3v) is 3.49. The van der Waals surface area contributed by atoms with Gasteiger partial charge in [0.2, 0.25) is 0 Å². The SMILES string of the molecule is CC1(C)COCC(O)CN1I. The highest BCUT2D eigenvalue weighted by atomic mass is 127. The van der Waals surface area contributed by atoms with Gasteiger partial charge >= 0.3 is 0 Å². The zero-order chi connectivity index (χ0) is 8.48. The van der Waals surface area contributed by atoms with Gasteiger partial charge in [-0.1, -0.05) is 0 Å². The maximum absolute atomic E-state index is 9.32. The first kappa shape index (κ1) is 9.70. The van der Waals surface area contributed by atoms with E-state index in [9.17, 15) is 5.11 Å². The van der Waals surface area contributed by atoms with E-state index >= 15 is 0 Å². The van der Waals surface area contributed by atoms with Gasteiger partial charge in [-0.15, -0.1) is 0 Å². The molecule has 0 amide bonds. The second kappa shape index (κ2) is 3.55. The van der Waals surface area contributed by atoms with E-state index < -0.39 is 0 Å². The molecule has 1 aliphatic heterocycles. The summed E-state index contributed by atoms with van der Waals surface area (Å²) in [6.45, 7) is 6.05. The lowest BCUT2D eigenvalue weighted by molar-refractivity contribution is 0.0465. The topological polar surface area (TPSA) is 32.7 Å². The van der Waals surface area contributed by atoms with Crippen molar-refractivity contribution < 1.29 is 9.84 Å². The van der Waals surface area contributed by atoms with Crippen LogP contribution in [0.5, 0.6) is 0 Å². The van der Waals surface area contributed by atoms with Gasteiger partial charge in [0.25, 0.3) is 0 Å². The van der Waals surface area contributed by atoms with E-state index in [1.165, 1.54) is 0 Å². The van der Waals surface area contributed by atoms with Gasteiger partial charge in [-0.05, 0) is 13.8 Å². The minimum Gasteiger partial charge on any atom is -0.389 e. The van der Waals surface area contributed by atoms with E-state index in [0.29, 0.717) is 19.8 Å². The molecular formula is C7H14INO2. The first-order valence-corrected chi connectivity index (χ1v) is 4.68. The maximum atomic E-state index is 9.32. The molecule has 11 heavy (non-hydrogen) atoms. The molecule has 1 rings (SSSR count). The monoisotopic (exact) mass is 271 g/mol. The molecule has 1 fully saturated rings. The van der Waals surface area contributed by atoms with Crippen molar-refractivity contribution in [1.82, 2.24) is 3.11 Å². The summed E-state index contributed by atoms with van der Waals surface area (Å²) in [5.41, 5.74) is 0.0397. The number of hydrogen-bond donors (Lipinski definition) is 1. The smallest absolute Gasteiger partial charge is 0.0908 e. The lowest BCUT2D eigenvalue weighted by Crippen LogP contribution is -2.41. The van der Waals surface area contributed by atoms with Crippen LogP contribution in [-0.4, -0.2) is 39.6 Å². The van der Waals surface area contributed by atoms with Gasteiger partial charge in [0, 0.05) is 34.9 Å². The van der Waals surface area contributed by atoms with Gasteiger partial charge in [0.05, 0.1) is 19.3 Å². The van der Waals surface area contributed by atoms with Crippen molar-refractivity contribution in [2.45, 2.75) is 25.5 Å². The predicted molar refractivity (Wildman–Crippen MR) is 51.6 cm³/mol. The van der Waals surface area contributed by atoms with Gasteiger partial charge in [0.1, 0.15) is 0 Å². The van der Waals surface area contributed by atoms with E-state index in [1.54, 1.807) is 0 Å². The van der Waals surface area contributed by atoms with Crippen LogP contribution in [0.1, 0.15) is 13.8 Å². The van der Waals surface area contributed by atoms with Gasteiger partial charge in [0.15, 0.2) is 0 Å². The molecule has 1 N–H and O–H groups in total. The van der Waals surface area contributed by atoms with E-state index in [1.807, 2.05) is 0 Å². The minimum atomic E-state index is -0.339. The summed E-state index contributed by atoms with van der Waals surface area (Å²) in [4.78, 5) is 0. The molecule has 0 radical (unpaired) electrons. The average Bonchev–Trinajstić information content (AvgIpc) is 1.94. The Kier molecular flexibility index (Phi) is 3.13. The molecule has 0 saturated carbocycles. The molecule has 66 valence electrons. The van der Waals surface area contributed by atoms with Crippen molar-refractivity contribution in [3.05, 3.63) is 0 Å². The standard InChI is InChI=1S/C7H14INO2/c1-7(2)5-11-4-6(10)3-9(7)8/h6,10H,3-5H2,1-2H3. The third-order valence-electron chi connectivity index (χ3n) is 1.79. The Hall–Kier alpha value is 0.610. The molecule has 1 aliphatic rings. The number of aliphatic hydroxyl groups is 1. The van der Waals surface area contributed by atoms with Crippen molar-refractivity contribution in [2.24, 2.45) is 0 Å². The number of ether oxygens (including phenoxy) is 1. The zero-order valence-electron chi connectivity index (χ0n) is 6.88. The Morgan fingerprint density at radius 1 is 1.64 bits per heavy atom. The predicted octanol–water partition coefficient (Wildman–Crippen LogP) is 0.808. The molecule has 1 heterocycles. The summed E-state index contributed by atoms with van der Waals surface area (Å²) in [7, 11) is 0. The fraction of sp³-hybridized carbons (Fsp3) is 1.00. The first-order valence-electron chi connectivity index (χ1n) is 3.71. The van der Waals surface area contributed by atoms with Crippen LogP contribution in [0.25, 0.3) is 0 Å². The van der Waals surface area contributed by atoms with Crippen molar-refractivity contribution in [3.8, 4) is 0 Å². The maximum Gasteiger partial charge on any atom is 0.0908 e. The quantitative estimate of drug-likeness (QED) is 0.522. The Labute approximate surface area is 81.2 Å². The lowest BCUT2D eigenvalue weighted by atomic mass is 10.1.